The van der Waals surface area contributed by atoms with E-state index < -0.39 is 5.60 Å². The van der Waals surface area contributed by atoms with Gasteiger partial charge in [-0.15, -0.1) is 0 Å². The maximum absolute atomic E-state index is 12.0. The van der Waals surface area contributed by atoms with Crippen LogP contribution in [0.3, 0.4) is 0 Å². The molecule has 19 heavy (non-hydrogen) atoms. The van der Waals surface area contributed by atoms with E-state index >= 15 is 0 Å². The minimum atomic E-state index is -0.800. The number of hydrogen-bond donors (Lipinski definition) is 2. The molecule has 5 nitrogen and oxygen atoms in total. The third kappa shape index (κ3) is 3.54. The summed E-state index contributed by atoms with van der Waals surface area (Å²) in [6, 6.07) is 5.49. The van der Waals surface area contributed by atoms with E-state index in [0.29, 0.717) is 12.1 Å². The van der Waals surface area contributed by atoms with Crippen molar-refractivity contribution in [2.75, 3.05) is 0 Å². The lowest BCUT2D eigenvalue weighted by molar-refractivity contribution is 0.0592. The Morgan fingerprint density at radius 1 is 1.53 bits per heavy atom. The predicted octanol–water partition coefficient (Wildman–Crippen LogP) is 1.61. The number of pyridine rings is 1. The van der Waals surface area contributed by atoms with Crippen LogP contribution in [0.2, 0.25) is 0 Å². The summed E-state index contributed by atoms with van der Waals surface area (Å²) in [4.78, 5) is 16.3. The lowest BCUT2D eigenvalue weighted by Crippen LogP contribution is -2.38. The number of fused-ring (bicyclic) bond motifs is 1. The molecule has 0 saturated carbocycles. The molecule has 0 fully saturated rings. The first kappa shape index (κ1) is 13.5. The van der Waals surface area contributed by atoms with E-state index in [-0.39, 0.29) is 11.9 Å². The number of hydrogen-bond acceptors (Lipinski definition) is 3. The number of nitrogens with one attached hydrogen (secondary N) is 1. The van der Waals surface area contributed by atoms with Gasteiger partial charge in [-0.2, -0.15) is 0 Å². The van der Waals surface area contributed by atoms with Gasteiger partial charge < -0.3 is 14.8 Å². The van der Waals surface area contributed by atoms with E-state index in [4.69, 9.17) is 0 Å². The van der Waals surface area contributed by atoms with Crippen molar-refractivity contribution in [3.63, 3.8) is 0 Å². The predicted molar refractivity (Wildman–Crippen MR) is 73.0 cm³/mol. The zero-order chi connectivity index (χ0) is 14.0. The first-order valence-corrected chi connectivity index (χ1v) is 6.32. The van der Waals surface area contributed by atoms with Crippen LogP contribution in [0.1, 0.15) is 37.7 Å². The van der Waals surface area contributed by atoms with E-state index in [1.165, 1.54) is 0 Å². The highest BCUT2D eigenvalue weighted by Crippen LogP contribution is 2.11. The quantitative estimate of drug-likeness (QED) is 0.878. The minimum Gasteiger partial charge on any atom is -0.390 e. The molecule has 0 aliphatic carbocycles. The Morgan fingerprint density at radius 2 is 2.26 bits per heavy atom. The molecule has 0 radical (unpaired) electrons. The van der Waals surface area contributed by atoms with Gasteiger partial charge in [-0.25, -0.2) is 4.98 Å². The van der Waals surface area contributed by atoms with Gasteiger partial charge in [-0.3, -0.25) is 4.79 Å². The highest BCUT2D eigenvalue weighted by Gasteiger charge is 2.20. The fourth-order valence-electron chi connectivity index (χ4n) is 2.14. The van der Waals surface area contributed by atoms with Crippen molar-refractivity contribution in [2.24, 2.45) is 0 Å². The monoisotopic (exact) mass is 261 g/mol. The summed E-state index contributed by atoms with van der Waals surface area (Å²) >= 11 is 0. The Hall–Kier alpha value is -1.88. The second-order valence-corrected chi connectivity index (χ2v) is 5.48. The highest BCUT2D eigenvalue weighted by molar-refractivity contribution is 5.93. The normalized spacial score (nSPS) is 13.5. The largest absolute Gasteiger partial charge is 0.390 e. The number of aromatic nitrogens is 2. The zero-order valence-corrected chi connectivity index (χ0v) is 11.4. The van der Waals surface area contributed by atoms with E-state index in [2.05, 4.69) is 10.3 Å². The molecular weight excluding hydrogens is 242 g/mol. The van der Waals surface area contributed by atoms with Crippen molar-refractivity contribution in [1.82, 2.24) is 14.7 Å². The van der Waals surface area contributed by atoms with Gasteiger partial charge in [0.2, 0.25) is 0 Å². The fraction of sp³-hybridized carbons (Fsp3) is 0.429. The SMILES string of the molecule is CC(CC(C)(C)O)NC(=O)c1cn2ccccc2n1. The zero-order valence-electron chi connectivity index (χ0n) is 11.4. The van der Waals surface area contributed by atoms with Crippen LogP contribution >= 0.6 is 0 Å². The van der Waals surface area contributed by atoms with Crippen molar-refractivity contribution in [1.29, 1.82) is 0 Å². The summed E-state index contributed by atoms with van der Waals surface area (Å²) in [5.41, 5.74) is 0.322. The molecule has 0 saturated heterocycles. The van der Waals surface area contributed by atoms with E-state index in [9.17, 15) is 9.90 Å². The molecule has 2 aromatic heterocycles. The highest BCUT2D eigenvalue weighted by atomic mass is 16.3. The molecule has 5 heteroatoms. The average molecular weight is 261 g/mol. The molecule has 0 aromatic carbocycles. The smallest absolute Gasteiger partial charge is 0.271 e. The first-order chi connectivity index (χ1) is 8.85. The molecule has 102 valence electrons. The van der Waals surface area contributed by atoms with Crippen molar-refractivity contribution >= 4 is 11.6 Å². The molecule has 0 aliphatic rings. The van der Waals surface area contributed by atoms with Crippen LogP contribution in [0, 0.1) is 0 Å². The third-order valence-corrected chi connectivity index (χ3v) is 2.78. The van der Waals surface area contributed by atoms with Gasteiger partial charge in [0, 0.05) is 18.4 Å². The molecule has 2 N–H and O–H groups in total. The van der Waals surface area contributed by atoms with Crippen LogP contribution in [0.4, 0.5) is 0 Å². The Kier molecular flexibility index (Phi) is 3.57. The molecule has 1 unspecified atom stereocenters. The average Bonchev–Trinajstić information content (AvgIpc) is 2.69. The van der Waals surface area contributed by atoms with Crippen LogP contribution in [0.15, 0.2) is 30.6 Å². The summed E-state index contributed by atoms with van der Waals surface area (Å²) in [5.74, 6) is -0.222. The van der Waals surface area contributed by atoms with Crippen molar-refractivity contribution in [2.45, 2.75) is 38.8 Å². The van der Waals surface area contributed by atoms with Crippen molar-refractivity contribution < 1.29 is 9.90 Å². The third-order valence-electron chi connectivity index (χ3n) is 2.78. The maximum Gasteiger partial charge on any atom is 0.271 e. The summed E-state index contributed by atoms with van der Waals surface area (Å²) in [7, 11) is 0. The van der Waals surface area contributed by atoms with Gasteiger partial charge in [0.1, 0.15) is 11.3 Å². The van der Waals surface area contributed by atoms with Crippen LogP contribution in [0.25, 0.3) is 5.65 Å². The van der Waals surface area contributed by atoms with Crippen LogP contribution < -0.4 is 5.32 Å². The lowest BCUT2D eigenvalue weighted by atomic mass is 10.0. The van der Waals surface area contributed by atoms with E-state index in [1.807, 2.05) is 31.3 Å². The Labute approximate surface area is 112 Å². The summed E-state index contributed by atoms with van der Waals surface area (Å²) in [6.45, 7) is 5.31. The van der Waals surface area contributed by atoms with Crippen LogP contribution in [0.5, 0.6) is 0 Å². The second kappa shape index (κ2) is 5.01. The molecule has 2 heterocycles. The van der Waals surface area contributed by atoms with Crippen molar-refractivity contribution in [3.8, 4) is 0 Å². The van der Waals surface area contributed by atoms with Crippen molar-refractivity contribution in [3.05, 3.63) is 36.3 Å². The Bertz CT molecular complexity index is 551. The number of carbonyl (C=O) groups is 1. The minimum absolute atomic E-state index is 0.114. The molecule has 1 amide bonds. The van der Waals surface area contributed by atoms with Gasteiger partial charge in [-0.05, 0) is 39.3 Å². The Morgan fingerprint density at radius 3 is 2.89 bits per heavy atom. The molecular formula is C14H19N3O2. The first-order valence-electron chi connectivity index (χ1n) is 6.32. The lowest BCUT2D eigenvalue weighted by Gasteiger charge is -2.22. The number of imidazole rings is 1. The molecule has 1 atom stereocenters. The maximum atomic E-state index is 12.0. The van der Waals surface area contributed by atoms with E-state index in [0.717, 1.165) is 5.65 Å². The van der Waals surface area contributed by atoms with Gasteiger partial charge >= 0.3 is 0 Å². The van der Waals surface area contributed by atoms with Crippen LogP contribution in [-0.4, -0.2) is 32.0 Å². The molecule has 2 rings (SSSR count). The van der Waals surface area contributed by atoms with Gasteiger partial charge in [0.25, 0.3) is 5.91 Å². The number of nitrogens with zero attached hydrogens (tertiary/aromatic N) is 2. The van der Waals surface area contributed by atoms with Gasteiger partial charge in [0.05, 0.1) is 5.60 Å². The molecule has 0 aliphatic heterocycles. The molecule has 0 bridgehead atoms. The summed E-state index contributed by atoms with van der Waals surface area (Å²) < 4.78 is 1.80. The summed E-state index contributed by atoms with van der Waals surface area (Å²) in [6.07, 6.45) is 4.03. The van der Waals surface area contributed by atoms with E-state index in [1.54, 1.807) is 24.4 Å². The standard InChI is InChI=1S/C14H19N3O2/c1-10(8-14(2,3)19)15-13(18)11-9-17-7-5-4-6-12(17)16-11/h4-7,9-10,19H,8H2,1-3H3,(H,15,18). The number of rotatable bonds is 4. The van der Waals surface area contributed by atoms with Gasteiger partial charge in [0.15, 0.2) is 0 Å². The number of aliphatic hydroxyl groups is 1. The number of carbonyl (C=O) groups excluding carboxylic acids is 1. The topological polar surface area (TPSA) is 66.6 Å². The number of amides is 1. The fourth-order valence-corrected chi connectivity index (χ4v) is 2.14. The second-order valence-electron chi connectivity index (χ2n) is 5.48. The Balaban J connectivity index is 2.07. The van der Waals surface area contributed by atoms with Gasteiger partial charge in [-0.1, -0.05) is 6.07 Å². The molecule has 2 aromatic rings. The van der Waals surface area contributed by atoms with Crippen LogP contribution in [-0.2, 0) is 0 Å². The summed E-state index contributed by atoms with van der Waals surface area (Å²) in [5, 5.41) is 12.6. The molecule has 0 spiro atoms.